The average molecular weight is 395 g/mol. The molecule has 0 saturated carbocycles. The monoisotopic (exact) mass is 395 g/mol. The van der Waals surface area contributed by atoms with E-state index in [0.29, 0.717) is 12.8 Å². The normalized spacial score (nSPS) is 36.2. The molecule has 27 heavy (non-hydrogen) atoms. The van der Waals surface area contributed by atoms with Crippen LogP contribution in [0.2, 0.25) is 0 Å². The summed E-state index contributed by atoms with van der Waals surface area (Å²) in [7, 11) is 0. The van der Waals surface area contributed by atoms with Crippen molar-refractivity contribution < 1.29 is 24.6 Å². The van der Waals surface area contributed by atoms with Crippen molar-refractivity contribution in [3.63, 3.8) is 0 Å². The van der Waals surface area contributed by atoms with Gasteiger partial charge in [0.25, 0.3) is 0 Å². The largest absolute Gasteiger partial charge is 0.477 e. The molecule has 0 aromatic carbocycles. The summed E-state index contributed by atoms with van der Waals surface area (Å²) in [6.07, 6.45) is 2.07. The molecular weight excluding hydrogens is 370 g/mol. The maximum atomic E-state index is 12.4. The third-order valence-electron chi connectivity index (χ3n) is 6.00. The molecule has 4 rings (SSSR count). The van der Waals surface area contributed by atoms with Gasteiger partial charge in [-0.2, -0.15) is 0 Å². The van der Waals surface area contributed by atoms with Gasteiger partial charge in [-0.05, 0) is 26.2 Å². The fraction of sp³-hybridized carbons (Fsp3) is 0.722. The zero-order valence-electron chi connectivity index (χ0n) is 15.2. The number of hydrogen-bond acceptors (Lipinski definition) is 6. The minimum atomic E-state index is -1.06. The highest BCUT2D eigenvalue weighted by molar-refractivity contribution is 8.03. The van der Waals surface area contributed by atoms with Crippen LogP contribution >= 0.6 is 11.8 Å². The van der Waals surface area contributed by atoms with Crippen molar-refractivity contribution >= 4 is 29.5 Å². The van der Waals surface area contributed by atoms with E-state index < -0.39 is 12.1 Å². The van der Waals surface area contributed by atoms with Crippen LogP contribution in [0.5, 0.6) is 0 Å². The van der Waals surface area contributed by atoms with Crippen molar-refractivity contribution in [2.45, 2.75) is 56.0 Å². The van der Waals surface area contributed by atoms with Crippen molar-refractivity contribution in [1.29, 1.82) is 0 Å². The maximum Gasteiger partial charge on any atom is 0.353 e. The molecule has 2 amide bonds. The van der Waals surface area contributed by atoms with E-state index in [1.165, 1.54) is 4.90 Å². The first-order valence-electron chi connectivity index (χ1n) is 9.50. The number of thioether (sulfide) groups is 1. The van der Waals surface area contributed by atoms with Gasteiger partial charge in [0.15, 0.2) is 0 Å². The van der Waals surface area contributed by atoms with Crippen LogP contribution in [-0.2, 0) is 14.4 Å². The molecule has 1 unspecified atom stereocenters. The van der Waals surface area contributed by atoms with Gasteiger partial charge in [-0.1, -0.05) is 0 Å². The Bertz CT molecular complexity index is 709. The topological polar surface area (TPSA) is 119 Å². The SMILES string of the molecule is C[C@@H](O)C[C@@H]1C(=O)N2C(C(=O)O)=C(S[C@@H]3CN[C@H](CC4CNC4=O)C3)C[C@@H]12. The highest BCUT2D eigenvalue weighted by Gasteiger charge is 2.55. The van der Waals surface area contributed by atoms with E-state index in [1.54, 1.807) is 18.7 Å². The van der Waals surface area contributed by atoms with E-state index >= 15 is 0 Å². The summed E-state index contributed by atoms with van der Waals surface area (Å²) in [6, 6.07) is 0.139. The second kappa shape index (κ2) is 7.10. The van der Waals surface area contributed by atoms with Crippen molar-refractivity contribution in [3.05, 3.63) is 10.6 Å². The smallest absolute Gasteiger partial charge is 0.353 e. The first-order chi connectivity index (χ1) is 12.8. The molecule has 0 bridgehead atoms. The lowest BCUT2D eigenvalue weighted by atomic mass is 9.83. The van der Waals surface area contributed by atoms with Crippen LogP contribution in [0.1, 0.15) is 32.6 Å². The molecule has 4 heterocycles. The van der Waals surface area contributed by atoms with Crippen LogP contribution in [0.4, 0.5) is 0 Å². The molecule has 4 aliphatic rings. The summed E-state index contributed by atoms with van der Waals surface area (Å²) in [4.78, 5) is 37.8. The molecular formula is C18H25N3O5S. The minimum absolute atomic E-state index is 0.0901. The lowest BCUT2D eigenvalue weighted by Crippen LogP contribution is -2.59. The number of β-lactam (4-membered cyclic amide) rings is 2. The first kappa shape index (κ1) is 18.8. The summed E-state index contributed by atoms with van der Waals surface area (Å²) in [5.41, 5.74) is 0.124. The number of carbonyl (C=O) groups excluding carboxylic acids is 2. The van der Waals surface area contributed by atoms with Gasteiger partial charge in [-0.3, -0.25) is 9.59 Å². The number of aliphatic carboxylic acids is 1. The Morgan fingerprint density at radius 1 is 1.37 bits per heavy atom. The van der Waals surface area contributed by atoms with Gasteiger partial charge in [-0.15, -0.1) is 11.8 Å². The highest BCUT2D eigenvalue weighted by atomic mass is 32.2. The van der Waals surface area contributed by atoms with Crippen molar-refractivity contribution in [1.82, 2.24) is 15.5 Å². The molecule has 0 aromatic rings. The second-order valence-electron chi connectivity index (χ2n) is 8.01. The molecule has 0 aromatic heterocycles. The molecule has 9 heteroatoms. The standard InChI is InChI=1S/C18H25N3O5S/c1-8(22)2-12-13-5-14(15(18(25)26)21(13)17(12)24)27-11-4-10(19-7-11)3-9-6-20-16(9)23/h8-13,19,22H,2-7H2,1H3,(H,20,23)(H,25,26)/t8-,9?,10-,11+,12+,13+/m1/s1. The Morgan fingerprint density at radius 3 is 2.74 bits per heavy atom. The lowest BCUT2D eigenvalue weighted by molar-refractivity contribution is -0.156. The number of carboxylic acids is 1. The molecule has 8 nitrogen and oxygen atoms in total. The summed E-state index contributed by atoms with van der Waals surface area (Å²) < 4.78 is 0. The Morgan fingerprint density at radius 2 is 2.15 bits per heavy atom. The minimum Gasteiger partial charge on any atom is -0.477 e. The first-order valence-corrected chi connectivity index (χ1v) is 10.4. The quantitative estimate of drug-likeness (QED) is 0.444. The van der Waals surface area contributed by atoms with Crippen molar-refractivity contribution in [3.8, 4) is 0 Å². The molecule has 0 spiro atoms. The van der Waals surface area contributed by atoms with E-state index in [-0.39, 0.29) is 46.7 Å². The van der Waals surface area contributed by atoms with Crippen LogP contribution in [0.15, 0.2) is 10.6 Å². The Labute approximate surface area is 161 Å². The van der Waals surface area contributed by atoms with Crippen LogP contribution in [0.3, 0.4) is 0 Å². The molecule has 0 radical (unpaired) electrons. The summed E-state index contributed by atoms with van der Waals surface area (Å²) in [5.74, 6) is -1.33. The summed E-state index contributed by atoms with van der Waals surface area (Å²) in [5, 5.41) is 25.7. The maximum absolute atomic E-state index is 12.4. The predicted octanol–water partition coefficient (Wildman–Crippen LogP) is -0.116. The molecule has 148 valence electrons. The molecule has 0 aliphatic carbocycles. The molecule has 3 fully saturated rings. The summed E-state index contributed by atoms with van der Waals surface area (Å²) in [6.45, 7) is 3.17. The lowest BCUT2D eigenvalue weighted by Gasteiger charge is -2.43. The molecule has 4 aliphatic heterocycles. The van der Waals surface area contributed by atoms with E-state index in [9.17, 15) is 24.6 Å². The van der Waals surface area contributed by atoms with Gasteiger partial charge in [-0.25, -0.2) is 4.79 Å². The summed E-state index contributed by atoms with van der Waals surface area (Å²) >= 11 is 1.56. The van der Waals surface area contributed by atoms with Crippen LogP contribution < -0.4 is 10.6 Å². The van der Waals surface area contributed by atoms with Gasteiger partial charge in [0.05, 0.1) is 24.0 Å². The number of carboxylic acid groups (broad SMARTS) is 1. The zero-order chi connectivity index (χ0) is 19.3. The van der Waals surface area contributed by atoms with E-state index in [2.05, 4.69) is 10.6 Å². The van der Waals surface area contributed by atoms with E-state index in [1.807, 2.05) is 0 Å². The number of aliphatic hydroxyl groups is 1. The van der Waals surface area contributed by atoms with E-state index in [4.69, 9.17) is 0 Å². The van der Waals surface area contributed by atoms with Crippen LogP contribution in [-0.4, -0.2) is 69.4 Å². The number of nitrogens with one attached hydrogen (secondary N) is 2. The fourth-order valence-electron chi connectivity index (χ4n) is 4.60. The van der Waals surface area contributed by atoms with Gasteiger partial charge < -0.3 is 25.7 Å². The number of amides is 2. The molecule has 4 N–H and O–H groups in total. The van der Waals surface area contributed by atoms with E-state index in [0.717, 1.165) is 30.8 Å². The Hall–Kier alpha value is -1.58. The number of rotatable bonds is 7. The number of nitrogens with zero attached hydrogens (tertiary/aromatic N) is 1. The van der Waals surface area contributed by atoms with Gasteiger partial charge >= 0.3 is 5.97 Å². The third kappa shape index (κ3) is 3.36. The number of fused-ring (bicyclic) bond motifs is 1. The van der Waals surface area contributed by atoms with Gasteiger partial charge in [0, 0.05) is 35.7 Å². The average Bonchev–Trinajstić information content (AvgIpc) is 3.19. The van der Waals surface area contributed by atoms with Crippen LogP contribution in [0, 0.1) is 11.8 Å². The molecule has 3 saturated heterocycles. The van der Waals surface area contributed by atoms with Crippen molar-refractivity contribution in [2.24, 2.45) is 11.8 Å². The van der Waals surface area contributed by atoms with Crippen LogP contribution in [0.25, 0.3) is 0 Å². The van der Waals surface area contributed by atoms with Gasteiger partial charge in [0.2, 0.25) is 11.8 Å². The van der Waals surface area contributed by atoms with Gasteiger partial charge in [0.1, 0.15) is 5.70 Å². The Balaban J connectivity index is 1.39. The number of carbonyl (C=O) groups is 3. The number of aliphatic hydroxyl groups excluding tert-OH is 1. The zero-order valence-corrected chi connectivity index (χ0v) is 16.0. The molecule has 6 atom stereocenters. The fourth-order valence-corrected chi connectivity index (χ4v) is 6.08. The third-order valence-corrected chi connectivity index (χ3v) is 7.34. The predicted molar refractivity (Wildman–Crippen MR) is 98.6 cm³/mol. The second-order valence-corrected chi connectivity index (χ2v) is 9.40. The van der Waals surface area contributed by atoms with Crippen molar-refractivity contribution in [2.75, 3.05) is 13.1 Å². The number of hydrogen-bond donors (Lipinski definition) is 4. The highest BCUT2D eigenvalue weighted by Crippen LogP contribution is 2.49. The Kier molecular flexibility index (Phi) is 4.94.